The van der Waals surface area contributed by atoms with Gasteiger partial charge in [-0.2, -0.15) is 0 Å². The van der Waals surface area contributed by atoms with Crippen molar-refractivity contribution in [3.63, 3.8) is 0 Å². The van der Waals surface area contributed by atoms with E-state index in [2.05, 4.69) is 0 Å². The molecular formula is C4H12NOSi. The highest BCUT2D eigenvalue weighted by atomic mass is 28.4. The van der Waals surface area contributed by atoms with Gasteiger partial charge in [-0.1, -0.05) is 13.3 Å². The van der Waals surface area contributed by atoms with Crippen molar-refractivity contribution >= 4 is 8.48 Å². The molecule has 0 aliphatic carbocycles. The molecule has 1 unspecified atom stereocenters. The minimum Gasteiger partial charge on any atom is -0.328 e. The van der Waals surface area contributed by atoms with E-state index >= 15 is 0 Å². The molecule has 0 aromatic heterocycles. The van der Waals surface area contributed by atoms with E-state index in [0.717, 1.165) is 6.42 Å². The molecule has 43 valence electrons. The highest BCUT2D eigenvalue weighted by Gasteiger charge is 2.18. The molecule has 0 heterocycles. The van der Waals surface area contributed by atoms with E-state index < -0.39 is 8.48 Å². The van der Waals surface area contributed by atoms with Crippen LogP contribution in [0.2, 0.25) is 12.6 Å². The Morgan fingerprint density at radius 1 is 1.71 bits per heavy atom. The van der Waals surface area contributed by atoms with E-state index in [1.54, 1.807) is 6.55 Å². The molecule has 0 fully saturated rings. The van der Waals surface area contributed by atoms with Crippen LogP contribution < -0.4 is 5.40 Å². The van der Waals surface area contributed by atoms with Crippen molar-refractivity contribution in [2.45, 2.75) is 25.9 Å². The van der Waals surface area contributed by atoms with E-state index in [1.807, 2.05) is 6.92 Å². The van der Waals surface area contributed by atoms with Crippen LogP contribution in [0.4, 0.5) is 0 Å². The van der Waals surface area contributed by atoms with E-state index in [4.69, 9.17) is 5.40 Å². The van der Waals surface area contributed by atoms with Crippen LogP contribution in [-0.2, 0) is 4.80 Å². The van der Waals surface area contributed by atoms with Crippen molar-refractivity contribution in [1.29, 1.82) is 0 Å². The fourth-order valence-corrected chi connectivity index (χ4v) is 1.49. The lowest BCUT2D eigenvalue weighted by Gasteiger charge is -2.06. The third-order valence-corrected chi connectivity index (χ3v) is 2.24. The van der Waals surface area contributed by atoms with Gasteiger partial charge in [0.1, 0.15) is 0 Å². The molecule has 0 rings (SSSR count). The number of hydrogen-bond donors (Lipinski definition) is 1. The van der Waals surface area contributed by atoms with Gasteiger partial charge in [-0.05, 0) is 12.6 Å². The molecule has 0 aromatic carbocycles. The third kappa shape index (κ3) is 6.14. The Balaban J connectivity index is 3.15. The summed E-state index contributed by atoms with van der Waals surface area (Å²) >= 11 is 0. The molecule has 2 nitrogen and oxygen atoms in total. The molecule has 1 radical (unpaired) electrons. The van der Waals surface area contributed by atoms with E-state index in [-0.39, 0.29) is 0 Å². The lowest BCUT2D eigenvalue weighted by atomic mass is 10.6. The Hall–Kier alpha value is 0.137. The molecule has 7 heavy (non-hydrogen) atoms. The van der Waals surface area contributed by atoms with Gasteiger partial charge in [0, 0.05) is 0 Å². The first-order valence-electron chi connectivity index (χ1n) is 2.55. The maximum absolute atomic E-state index is 10.6. The fraction of sp³-hybridized carbons (Fsp3) is 1.00. The maximum Gasteiger partial charge on any atom is 0.304 e. The first-order chi connectivity index (χ1) is 3.06. The average molecular weight is 118 g/mol. The standard InChI is InChI=1S/C4H12NOSi/c1-3-4-7(2,5)6/h3-5H2,1-2H3. The SMILES string of the molecule is CCC[Si](C)(N)[O]. The Morgan fingerprint density at radius 2 is 2.14 bits per heavy atom. The van der Waals surface area contributed by atoms with Gasteiger partial charge in [-0.15, -0.1) is 0 Å². The highest BCUT2D eigenvalue weighted by Crippen LogP contribution is 1.99. The minimum atomic E-state index is -2.41. The van der Waals surface area contributed by atoms with Crippen LogP contribution in [0.25, 0.3) is 0 Å². The number of nitrogens with two attached hydrogens (primary N) is 1. The third-order valence-electron chi connectivity index (χ3n) is 0.746. The molecule has 0 saturated carbocycles. The molecule has 0 aromatic rings. The zero-order valence-corrected chi connectivity index (χ0v) is 5.90. The summed E-state index contributed by atoms with van der Waals surface area (Å²) in [5.41, 5.74) is 0. The average Bonchev–Trinajstić information content (AvgIpc) is 1.30. The van der Waals surface area contributed by atoms with Crippen molar-refractivity contribution < 1.29 is 4.80 Å². The Bertz CT molecular complexity index is 50.1. The molecule has 1 atom stereocenters. The number of hydrogen-bond acceptors (Lipinski definition) is 1. The van der Waals surface area contributed by atoms with Crippen LogP contribution in [-0.4, -0.2) is 8.48 Å². The summed E-state index contributed by atoms with van der Waals surface area (Å²) in [7, 11) is -2.41. The van der Waals surface area contributed by atoms with Crippen LogP contribution in [0.1, 0.15) is 13.3 Å². The predicted octanol–water partition coefficient (Wildman–Crippen LogP) is 0.858. The fourth-order valence-electron chi connectivity index (χ4n) is 0.496. The summed E-state index contributed by atoms with van der Waals surface area (Å²) in [4.78, 5) is 10.6. The second kappa shape index (κ2) is 2.45. The first-order valence-corrected chi connectivity index (χ1v) is 5.25. The summed E-state index contributed by atoms with van der Waals surface area (Å²) in [6, 6.07) is 0.701. The van der Waals surface area contributed by atoms with Crippen LogP contribution in [0.3, 0.4) is 0 Å². The minimum absolute atomic E-state index is 0.701. The van der Waals surface area contributed by atoms with E-state index in [0.29, 0.717) is 6.04 Å². The summed E-state index contributed by atoms with van der Waals surface area (Å²) in [6.07, 6.45) is 0.933. The molecule has 0 aliphatic rings. The summed E-state index contributed by atoms with van der Waals surface area (Å²) in [5, 5.41) is 5.23. The van der Waals surface area contributed by atoms with Gasteiger partial charge in [-0.25, -0.2) is 0 Å². The predicted molar refractivity (Wildman–Crippen MR) is 31.6 cm³/mol. The molecule has 2 N–H and O–H groups in total. The smallest absolute Gasteiger partial charge is 0.304 e. The van der Waals surface area contributed by atoms with Crippen molar-refractivity contribution in [1.82, 2.24) is 0 Å². The van der Waals surface area contributed by atoms with Gasteiger partial charge in [0.15, 0.2) is 0 Å². The second-order valence-corrected chi connectivity index (χ2v) is 5.19. The van der Waals surface area contributed by atoms with E-state index in [9.17, 15) is 4.80 Å². The Morgan fingerprint density at radius 3 is 2.14 bits per heavy atom. The lowest BCUT2D eigenvalue weighted by Crippen LogP contribution is -2.39. The molecule has 0 saturated heterocycles. The van der Waals surface area contributed by atoms with Crippen LogP contribution >= 0.6 is 0 Å². The summed E-state index contributed by atoms with van der Waals surface area (Å²) < 4.78 is 0. The highest BCUT2D eigenvalue weighted by molar-refractivity contribution is 6.67. The van der Waals surface area contributed by atoms with Crippen molar-refractivity contribution in [3.05, 3.63) is 0 Å². The topological polar surface area (TPSA) is 45.9 Å². The summed E-state index contributed by atoms with van der Waals surface area (Å²) in [6.45, 7) is 3.62. The van der Waals surface area contributed by atoms with Crippen molar-refractivity contribution in [3.8, 4) is 0 Å². The van der Waals surface area contributed by atoms with Crippen molar-refractivity contribution in [2.24, 2.45) is 5.40 Å². The van der Waals surface area contributed by atoms with Gasteiger partial charge in [-0.3, -0.25) is 4.80 Å². The molecule has 0 bridgehead atoms. The largest absolute Gasteiger partial charge is 0.328 e. The lowest BCUT2D eigenvalue weighted by molar-refractivity contribution is 0.420. The zero-order valence-electron chi connectivity index (χ0n) is 4.90. The van der Waals surface area contributed by atoms with Gasteiger partial charge >= 0.3 is 8.48 Å². The van der Waals surface area contributed by atoms with Gasteiger partial charge < -0.3 is 5.40 Å². The molecule has 0 spiro atoms. The van der Waals surface area contributed by atoms with Gasteiger partial charge in [0.05, 0.1) is 0 Å². The molecule has 3 heteroatoms. The Labute approximate surface area is 45.6 Å². The van der Waals surface area contributed by atoms with Gasteiger partial charge in [0.25, 0.3) is 0 Å². The quantitative estimate of drug-likeness (QED) is 0.537. The maximum atomic E-state index is 10.6. The monoisotopic (exact) mass is 118 g/mol. The number of rotatable bonds is 2. The van der Waals surface area contributed by atoms with E-state index in [1.165, 1.54) is 0 Å². The van der Waals surface area contributed by atoms with Crippen LogP contribution in [0.5, 0.6) is 0 Å². The molecular weight excluding hydrogens is 106 g/mol. The Kier molecular flexibility index (Phi) is 2.49. The zero-order chi connectivity index (χ0) is 5.91. The first kappa shape index (κ1) is 7.14. The second-order valence-electron chi connectivity index (χ2n) is 2.06. The van der Waals surface area contributed by atoms with Crippen LogP contribution in [0, 0.1) is 0 Å². The van der Waals surface area contributed by atoms with Crippen molar-refractivity contribution in [2.75, 3.05) is 0 Å². The molecule has 0 amide bonds. The summed E-state index contributed by atoms with van der Waals surface area (Å²) in [5.74, 6) is 0. The normalized spacial score (nSPS) is 18.9. The molecule has 0 aliphatic heterocycles. The van der Waals surface area contributed by atoms with Gasteiger partial charge in [0.2, 0.25) is 0 Å². The van der Waals surface area contributed by atoms with Crippen LogP contribution in [0.15, 0.2) is 0 Å².